The zero-order valence-corrected chi connectivity index (χ0v) is 6.26. The first kappa shape index (κ1) is 7.15. The van der Waals surface area contributed by atoms with E-state index >= 15 is 0 Å². The summed E-state index contributed by atoms with van der Waals surface area (Å²) in [5.74, 6) is 0. The van der Waals surface area contributed by atoms with Crippen molar-refractivity contribution in [3.63, 3.8) is 0 Å². The van der Waals surface area contributed by atoms with Crippen LogP contribution >= 0.6 is 0 Å². The molecule has 0 atom stereocenters. The van der Waals surface area contributed by atoms with Crippen molar-refractivity contribution in [2.75, 3.05) is 0 Å². The van der Waals surface area contributed by atoms with Crippen LogP contribution in [0.1, 0.15) is 0 Å². The predicted octanol–water partition coefficient (Wildman–Crippen LogP) is -2.11. The summed E-state index contributed by atoms with van der Waals surface area (Å²) in [6, 6.07) is 6.43. The number of rotatable bonds is 0. The van der Waals surface area contributed by atoms with E-state index in [9.17, 15) is 0 Å². The van der Waals surface area contributed by atoms with Gasteiger partial charge in [0, 0.05) is 0 Å². The summed E-state index contributed by atoms with van der Waals surface area (Å²) in [7, 11) is 0. The third-order valence-electron chi connectivity index (χ3n) is 0.514. The van der Waals surface area contributed by atoms with Crippen LogP contribution in [-0.4, -0.2) is 4.98 Å². The van der Waals surface area contributed by atoms with Crippen LogP contribution in [0.5, 0.6) is 0 Å². The van der Waals surface area contributed by atoms with Crippen LogP contribution in [0.3, 0.4) is 0 Å². The molecule has 0 saturated carbocycles. The summed E-state index contributed by atoms with van der Waals surface area (Å²) in [6.07, 6.45) is 3.34. The van der Waals surface area contributed by atoms with Crippen molar-refractivity contribution in [2.24, 2.45) is 0 Å². The Morgan fingerprint density at radius 2 is 2.29 bits per heavy atom. The molecule has 0 N–H and O–H groups in total. The summed E-state index contributed by atoms with van der Waals surface area (Å²) in [5.41, 5.74) is 0. The van der Waals surface area contributed by atoms with Gasteiger partial charge in [0.15, 0.2) is 0 Å². The van der Waals surface area contributed by atoms with E-state index in [1.54, 1.807) is 12.4 Å². The zero-order valence-electron chi connectivity index (χ0n) is 4.26. The van der Waals surface area contributed by atoms with Gasteiger partial charge < -0.3 is 4.98 Å². The molecule has 1 rings (SSSR count). The molecule has 1 aromatic heterocycles. The number of nitrogens with zero attached hydrogens (tertiary/aromatic N) is 1. The minimum atomic E-state index is 0. The van der Waals surface area contributed by atoms with Crippen LogP contribution in [0.15, 0.2) is 24.5 Å². The second-order valence-corrected chi connectivity index (χ2v) is 0.953. The topological polar surface area (TPSA) is 12.9 Å². The molecule has 0 radical (unpaired) electrons. The van der Waals surface area contributed by atoms with E-state index in [1.807, 2.05) is 12.1 Å². The fraction of sp³-hybridized carbons (Fsp3) is 0. The largest absolute Gasteiger partial charge is 1.00 e. The summed E-state index contributed by atoms with van der Waals surface area (Å²) in [4.78, 5) is 3.73. The predicted molar refractivity (Wildman–Crippen MR) is 23.1 cm³/mol. The van der Waals surface area contributed by atoms with Crippen molar-refractivity contribution >= 4 is 0 Å². The Labute approximate surface area is 65.1 Å². The molecule has 0 amide bonds. The molecule has 0 unspecified atom stereocenters. The molecular formula is C5H4NNa. The molecule has 0 aliphatic heterocycles. The number of pyridine rings is 1. The molecule has 0 saturated heterocycles. The molecule has 0 aliphatic carbocycles. The van der Waals surface area contributed by atoms with E-state index in [-0.39, 0.29) is 29.6 Å². The van der Waals surface area contributed by atoms with Crippen LogP contribution in [0.4, 0.5) is 0 Å². The van der Waals surface area contributed by atoms with Gasteiger partial charge in [-0.25, -0.2) is 12.1 Å². The maximum atomic E-state index is 3.73. The Balaban J connectivity index is 0.000000360. The monoisotopic (exact) mass is 101 g/mol. The number of aromatic nitrogens is 1. The quantitative estimate of drug-likeness (QED) is 0.269. The van der Waals surface area contributed by atoms with Gasteiger partial charge in [-0.05, 0) is 0 Å². The van der Waals surface area contributed by atoms with Crippen molar-refractivity contribution in [1.29, 1.82) is 0 Å². The smallest absolute Gasteiger partial charge is 0.304 e. The summed E-state index contributed by atoms with van der Waals surface area (Å²) >= 11 is 0. The number of hydrogen-bond donors (Lipinski definition) is 0. The third kappa shape index (κ3) is 2.80. The second kappa shape index (κ2) is 4.31. The van der Waals surface area contributed by atoms with Crippen molar-refractivity contribution in [1.82, 2.24) is 4.98 Å². The zero-order chi connectivity index (χ0) is 4.24. The van der Waals surface area contributed by atoms with Gasteiger partial charge in [-0.15, -0.1) is 0 Å². The Kier molecular flexibility index (Phi) is 4.41. The van der Waals surface area contributed by atoms with Crippen molar-refractivity contribution in [3.8, 4) is 0 Å². The van der Waals surface area contributed by atoms with Crippen molar-refractivity contribution in [3.05, 3.63) is 30.6 Å². The van der Waals surface area contributed by atoms with E-state index in [1.165, 1.54) is 0 Å². The second-order valence-electron chi connectivity index (χ2n) is 0.953. The first-order chi connectivity index (χ1) is 3.00. The number of hydrogen-bond acceptors (Lipinski definition) is 1. The van der Waals surface area contributed by atoms with Gasteiger partial charge in [-0.2, -0.15) is 6.07 Å². The van der Waals surface area contributed by atoms with Crippen LogP contribution in [0.2, 0.25) is 0 Å². The van der Waals surface area contributed by atoms with Gasteiger partial charge in [0.05, 0.1) is 0 Å². The molecule has 1 aromatic rings. The van der Waals surface area contributed by atoms with E-state index in [0.29, 0.717) is 0 Å². The van der Waals surface area contributed by atoms with E-state index in [4.69, 9.17) is 0 Å². The van der Waals surface area contributed by atoms with E-state index < -0.39 is 0 Å². The SMILES string of the molecule is [Na+].[c-]1cccnc1. The minimum Gasteiger partial charge on any atom is -0.304 e. The van der Waals surface area contributed by atoms with Gasteiger partial charge in [0.1, 0.15) is 0 Å². The maximum Gasteiger partial charge on any atom is 1.00 e. The Morgan fingerprint density at radius 1 is 1.43 bits per heavy atom. The normalized spacial score (nSPS) is 6.86. The first-order valence-electron chi connectivity index (χ1n) is 1.76. The van der Waals surface area contributed by atoms with Gasteiger partial charge in [0.25, 0.3) is 0 Å². The fourth-order valence-electron chi connectivity index (χ4n) is 0.277. The molecule has 1 heterocycles. The van der Waals surface area contributed by atoms with Crippen LogP contribution in [0.25, 0.3) is 0 Å². The summed E-state index contributed by atoms with van der Waals surface area (Å²) in [5, 5.41) is 0. The maximum absolute atomic E-state index is 3.73. The van der Waals surface area contributed by atoms with Gasteiger partial charge in [-0.3, -0.25) is 0 Å². The molecule has 1 nitrogen and oxygen atoms in total. The molecule has 30 valence electrons. The van der Waals surface area contributed by atoms with Crippen molar-refractivity contribution in [2.45, 2.75) is 0 Å². The first-order valence-corrected chi connectivity index (χ1v) is 1.76. The Bertz CT molecular complexity index is 80.0. The van der Waals surface area contributed by atoms with Gasteiger partial charge in [-0.1, -0.05) is 12.4 Å². The molecule has 0 aromatic carbocycles. The molecule has 7 heavy (non-hydrogen) atoms. The average Bonchev–Trinajstić information content (AvgIpc) is 1.72. The van der Waals surface area contributed by atoms with Crippen LogP contribution < -0.4 is 29.6 Å². The molecule has 0 aliphatic rings. The summed E-state index contributed by atoms with van der Waals surface area (Å²) < 4.78 is 0. The van der Waals surface area contributed by atoms with Crippen LogP contribution in [0, 0.1) is 6.07 Å². The molecule has 2 heteroatoms. The average molecular weight is 101 g/mol. The molecule has 0 bridgehead atoms. The molecular weight excluding hydrogens is 97.1 g/mol. The van der Waals surface area contributed by atoms with E-state index in [0.717, 1.165) is 0 Å². The van der Waals surface area contributed by atoms with Gasteiger partial charge in [0.2, 0.25) is 0 Å². The van der Waals surface area contributed by atoms with Gasteiger partial charge >= 0.3 is 29.6 Å². The van der Waals surface area contributed by atoms with Crippen LogP contribution in [-0.2, 0) is 0 Å². The molecule has 0 spiro atoms. The standard InChI is InChI=1S/C5H4N.Na/c1-2-4-6-5-3-1;/h1-2,4-5H;/q-1;+1. The Morgan fingerprint density at radius 3 is 2.43 bits per heavy atom. The van der Waals surface area contributed by atoms with E-state index in [2.05, 4.69) is 11.1 Å². The Hall–Kier alpha value is 0.150. The minimum absolute atomic E-state index is 0. The van der Waals surface area contributed by atoms with Crippen molar-refractivity contribution < 1.29 is 29.6 Å². The third-order valence-corrected chi connectivity index (χ3v) is 0.514. The summed E-state index contributed by atoms with van der Waals surface area (Å²) in [6.45, 7) is 0. The molecule has 0 fully saturated rings. The fourth-order valence-corrected chi connectivity index (χ4v) is 0.277.